The number of benzene rings is 1. The molecule has 0 aromatic heterocycles. The number of unbranched alkanes of at least 4 members (excludes halogenated alkanes) is 1. The van der Waals surface area contributed by atoms with Crippen LogP contribution < -0.4 is 5.32 Å². The van der Waals surface area contributed by atoms with Gasteiger partial charge in [0.25, 0.3) is 5.91 Å². The first kappa shape index (κ1) is 14.3. The third-order valence-electron chi connectivity index (χ3n) is 2.64. The molecule has 98 valence electrons. The number of nitrogens with one attached hydrogen (secondary N) is 1. The highest BCUT2D eigenvalue weighted by molar-refractivity contribution is 5.94. The summed E-state index contributed by atoms with van der Waals surface area (Å²) in [4.78, 5) is 11.9. The largest absolute Gasteiger partial charge is 0.511 e. The Morgan fingerprint density at radius 1 is 1.28 bits per heavy atom. The van der Waals surface area contributed by atoms with Crippen LogP contribution in [0.1, 0.15) is 29.6 Å². The first-order valence-electron chi connectivity index (χ1n) is 5.99. The molecule has 0 bridgehead atoms. The number of carbonyl (C=O) groups is 1. The predicted molar refractivity (Wildman–Crippen MR) is 70.4 cm³/mol. The zero-order valence-electron chi connectivity index (χ0n) is 10.3. The van der Waals surface area contributed by atoms with Crippen LogP contribution >= 0.6 is 0 Å². The molecule has 0 aliphatic rings. The molecule has 1 aromatic rings. The van der Waals surface area contributed by atoms with E-state index >= 15 is 0 Å². The zero-order chi connectivity index (χ0) is 13.4. The molecule has 4 nitrogen and oxygen atoms in total. The standard InChI is InChI=1S/C14H19NO3/c1-11(17)13(9-5-6-10-16)15-14(18)12-7-3-2-4-8-12/h2-4,7-8,13,16-17H,1,5-6,9-10H2,(H,15,18)/t13-/m0/s1. The molecule has 18 heavy (non-hydrogen) atoms. The normalized spacial score (nSPS) is 11.8. The van der Waals surface area contributed by atoms with Crippen molar-refractivity contribution in [2.45, 2.75) is 25.3 Å². The van der Waals surface area contributed by atoms with Gasteiger partial charge in [0, 0.05) is 12.2 Å². The Hall–Kier alpha value is -1.81. The summed E-state index contributed by atoms with van der Waals surface area (Å²) in [5.41, 5.74) is 0.547. The van der Waals surface area contributed by atoms with Crippen LogP contribution in [0.15, 0.2) is 42.7 Å². The summed E-state index contributed by atoms with van der Waals surface area (Å²) in [5.74, 6) is -0.294. The second kappa shape index (κ2) is 7.50. The van der Waals surface area contributed by atoms with E-state index in [9.17, 15) is 9.90 Å². The fourth-order valence-corrected chi connectivity index (χ4v) is 1.61. The quantitative estimate of drug-likeness (QED) is 0.511. The van der Waals surface area contributed by atoms with Crippen LogP contribution in [0.25, 0.3) is 0 Å². The van der Waals surface area contributed by atoms with Crippen molar-refractivity contribution < 1.29 is 15.0 Å². The zero-order valence-corrected chi connectivity index (χ0v) is 10.3. The molecule has 0 aliphatic carbocycles. The van der Waals surface area contributed by atoms with Crippen LogP contribution in [0.2, 0.25) is 0 Å². The minimum absolute atomic E-state index is 0.0581. The summed E-state index contributed by atoms with van der Waals surface area (Å²) in [6.45, 7) is 3.57. The molecule has 0 saturated carbocycles. The second-order valence-corrected chi connectivity index (χ2v) is 4.10. The molecule has 0 saturated heterocycles. The van der Waals surface area contributed by atoms with Crippen LogP contribution in [0.4, 0.5) is 0 Å². The smallest absolute Gasteiger partial charge is 0.251 e. The predicted octanol–water partition coefficient (Wildman–Crippen LogP) is 2.02. The van der Waals surface area contributed by atoms with Crippen molar-refractivity contribution in [3.63, 3.8) is 0 Å². The molecule has 0 aliphatic heterocycles. The average Bonchev–Trinajstić information content (AvgIpc) is 2.38. The van der Waals surface area contributed by atoms with Crippen molar-refractivity contribution >= 4 is 5.91 Å². The Labute approximate surface area is 107 Å². The van der Waals surface area contributed by atoms with Gasteiger partial charge in [-0.05, 0) is 31.4 Å². The van der Waals surface area contributed by atoms with E-state index in [0.717, 1.165) is 6.42 Å². The average molecular weight is 249 g/mol. The van der Waals surface area contributed by atoms with E-state index in [2.05, 4.69) is 11.9 Å². The summed E-state index contributed by atoms with van der Waals surface area (Å²) in [6, 6.07) is 8.35. The van der Waals surface area contributed by atoms with Crippen LogP contribution in [0, 0.1) is 0 Å². The topological polar surface area (TPSA) is 69.6 Å². The molecule has 3 N–H and O–H groups in total. The molecule has 1 amide bonds. The number of amides is 1. The van der Waals surface area contributed by atoms with Gasteiger partial charge in [0.2, 0.25) is 0 Å². The maximum Gasteiger partial charge on any atom is 0.251 e. The monoisotopic (exact) mass is 249 g/mol. The van der Waals surface area contributed by atoms with E-state index in [0.29, 0.717) is 18.4 Å². The number of rotatable bonds is 7. The van der Waals surface area contributed by atoms with E-state index < -0.39 is 6.04 Å². The minimum Gasteiger partial charge on any atom is -0.511 e. The maximum atomic E-state index is 11.9. The summed E-state index contributed by atoms with van der Waals surface area (Å²) in [6.07, 6.45) is 1.93. The Kier molecular flexibility index (Phi) is 5.94. The van der Waals surface area contributed by atoms with Crippen LogP contribution in [-0.4, -0.2) is 28.8 Å². The van der Waals surface area contributed by atoms with Crippen LogP contribution in [-0.2, 0) is 0 Å². The van der Waals surface area contributed by atoms with Gasteiger partial charge < -0.3 is 15.5 Å². The van der Waals surface area contributed by atoms with Gasteiger partial charge in [-0.3, -0.25) is 4.79 Å². The highest BCUT2D eigenvalue weighted by atomic mass is 16.3. The highest BCUT2D eigenvalue weighted by Gasteiger charge is 2.15. The van der Waals surface area contributed by atoms with Gasteiger partial charge in [-0.1, -0.05) is 24.8 Å². The summed E-state index contributed by atoms with van der Waals surface area (Å²) in [5, 5.41) is 20.9. The second-order valence-electron chi connectivity index (χ2n) is 4.10. The SMILES string of the molecule is C=C(O)[C@H](CCCCO)NC(=O)c1ccccc1. The molecule has 0 unspecified atom stereocenters. The first-order chi connectivity index (χ1) is 8.65. The van der Waals surface area contributed by atoms with Gasteiger partial charge >= 0.3 is 0 Å². The Morgan fingerprint density at radius 3 is 2.50 bits per heavy atom. The summed E-state index contributed by atoms with van der Waals surface area (Å²) >= 11 is 0. The minimum atomic E-state index is -0.468. The van der Waals surface area contributed by atoms with Crippen LogP contribution in [0.5, 0.6) is 0 Å². The number of aliphatic hydroxyl groups is 2. The van der Waals surface area contributed by atoms with E-state index in [1.54, 1.807) is 24.3 Å². The molecule has 0 fully saturated rings. The molecule has 1 aromatic carbocycles. The Morgan fingerprint density at radius 2 is 1.94 bits per heavy atom. The number of carbonyl (C=O) groups excluding carboxylic acids is 1. The Balaban J connectivity index is 2.55. The molecule has 0 heterocycles. The fraction of sp³-hybridized carbons (Fsp3) is 0.357. The fourth-order valence-electron chi connectivity index (χ4n) is 1.61. The highest BCUT2D eigenvalue weighted by Crippen LogP contribution is 2.08. The van der Waals surface area contributed by atoms with E-state index in [1.165, 1.54) is 0 Å². The number of hydrogen-bond donors (Lipinski definition) is 3. The summed E-state index contributed by atoms with van der Waals surface area (Å²) in [7, 11) is 0. The molecular formula is C14H19NO3. The van der Waals surface area contributed by atoms with E-state index in [1.807, 2.05) is 6.07 Å². The molecule has 0 radical (unpaired) electrons. The van der Waals surface area contributed by atoms with Gasteiger partial charge in [0.15, 0.2) is 0 Å². The van der Waals surface area contributed by atoms with Gasteiger partial charge in [-0.15, -0.1) is 0 Å². The van der Waals surface area contributed by atoms with Crippen molar-refractivity contribution in [1.82, 2.24) is 5.32 Å². The van der Waals surface area contributed by atoms with Crippen molar-refractivity contribution in [3.8, 4) is 0 Å². The van der Waals surface area contributed by atoms with Crippen molar-refractivity contribution in [2.24, 2.45) is 0 Å². The lowest BCUT2D eigenvalue weighted by molar-refractivity contribution is 0.0931. The molecule has 4 heteroatoms. The lowest BCUT2D eigenvalue weighted by atomic mass is 10.1. The van der Waals surface area contributed by atoms with Gasteiger partial charge in [0.1, 0.15) is 5.76 Å². The van der Waals surface area contributed by atoms with Crippen molar-refractivity contribution in [2.75, 3.05) is 6.61 Å². The maximum absolute atomic E-state index is 11.9. The molecule has 0 spiro atoms. The van der Waals surface area contributed by atoms with Gasteiger partial charge in [-0.25, -0.2) is 0 Å². The number of aliphatic hydroxyl groups excluding tert-OH is 2. The third-order valence-corrected chi connectivity index (χ3v) is 2.64. The Bertz CT molecular complexity index is 389. The lowest BCUT2D eigenvalue weighted by Crippen LogP contribution is -2.36. The third kappa shape index (κ3) is 4.59. The lowest BCUT2D eigenvalue weighted by Gasteiger charge is -2.17. The molecule has 1 atom stereocenters. The van der Waals surface area contributed by atoms with Gasteiger partial charge in [0.05, 0.1) is 6.04 Å². The van der Waals surface area contributed by atoms with Gasteiger partial charge in [-0.2, -0.15) is 0 Å². The van der Waals surface area contributed by atoms with Crippen LogP contribution in [0.3, 0.4) is 0 Å². The van der Waals surface area contributed by atoms with E-state index in [4.69, 9.17) is 5.11 Å². The first-order valence-corrected chi connectivity index (χ1v) is 5.99. The van der Waals surface area contributed by atoms with Crippen molar-refractivity contribution in [3.05, 3.63) is 48.2 Å². The number of hydrogen-bond acceptors (Lipinski definition) is 3. The molecular weight excluding hydrogens is 230 g/mol. The van der Waals surface area contributed by atoms with Crippen molar-refractivity contribution in [1.29, 1.82) is 0 Å². The van der Waals surface area contributed by atoms with E-state index in [-0.39, 0.29) is 18.3 Å². The summed E-state index contributed by atoms with van der Waals surface area (Å²) < 4.78 is 0. The molecule has 1 rings (SSSR count).